The average molecular weight is 300 g/mol. The van der Waals surface area contributed by atoms with Gasteiger partial charge in [-0.25, -0.2) is 8.42 Å². The van der Waals surface area contributed by atoms with Crippen molar-refractivity contribution in [3.8, 4) is 0 Å². The Hall–Kier alpha value is -1.33. The van der Waals surface area contributed by atoms with Crippen LogP contribution >= 0.6 is 11.6 Å². The van der Waals surface area contributed by atoms with E-state index >= 15 is 0 Å². The van der Waals surface area contributed by atoms with Crippen LogP contribution in [0.25, 0.3) is 6.08 Å². The third-order valence-corrected chi connectivity index (χ3v) is 4.86. The minimum absolute atomic E-state index is 0.0315. The molecule has 1 aromatic rings. The van der Waals surface area contributed by atoms with E-state index < -0.39 is 9.84 Å². The van der Waals surface area contributed by atoms with Gasteiger partial charge in [0.2, 0.25) is 5.91 Å². The molecule has 1 fully saturated rings. The zero-order chi connectivity index (χ0) is 13.9. The Morgan fingerprint density at radius 3 is 2.84 bits per heavy atom. The van der Waals surface area contributed by atoms with Gasteiger partial charge in [-0.15, -0.1) is 0 Å². The Labute approximate surface area is 117 Å². The predicted octanol–water partition coefficient (Wildman–Crippen LogP) is 1.66. The van der Waals surface area contributed by atoms with Crippen LogP contribution < -0.4 is 5.32 Å². The normalized spacial score (nSPS) is 21.6. The van der Waals surface area contributed by atoms with E-state index in [1.54, 1.807) is 24.3 Å². The van der Waals surface area contributed by atoms with Crippen LogP contribution in [0.4, 0.5) is 0 Å². The molecule has 1 atom stereocenters. The molecule has 1 unspecified atom stereocenters. The summed E-state index contributed by atoms with van der Waals surface area (Å²) in [7, 11) is -2.97. The van der Waals surface area contributed by atoms with Gasteiger partial charge in [-0.3, -0.25) is 4.79 Å². The maximum Gasteiger partial charge on any atom is 0.244 e. The van der Waals surface area contributed by atoms with Crippen molar-refractivity contribution in [2.45, 2.75) is 12.5 Å². The first-order valence-electron chi connectivity index (χ1n) is 5.89. The summed E-state index contributed by atoms with van der Waals surface area (Å²) < 4.78 is 22.5. The fourth-order valence-corrected chi connectivity index (χ4v) is 3.81. The Balaban J connectivity index is 1.91. The Morgan fingerprint density at radius 1 is 1.42 bits per heavy atom. The van der Waals surface area contributed by atoms with Gasteiger partial charge in [-0.1, -0.05) is 23.7 Å². The van der Waals surface area contributed by atoms with E-state index in [0.29, 0.717) is 11.4 Å². The first-order valence-corrected chi connectivity index (χ1v) is 8.09. The molecule has 4 nitrogen and oxygen atoms in total. The van der Waals surface area contributed by atoms with Crippen LogP contribution in [0, 0.1) is 0 Å². The fourth-order valence-electron chi connectivity index (χ4n) is 1.94. The number of benzene rings is 1. The van der Waals surface area contributed by atoms with Gasteiger partial charge < -0.3 is 5.32 Å². The van der Waals surface area contributed by atoms with Crippen molar-refractivity contribution in [1.29, 1.82) is 0 Å². The van der Waals surface area contributed by atoms with Crippen LogP contribution in [0.2, 0.25) is 5.02 Å². The topological polar surface area (TPSA) is 63.2 Å². The quantitative estimate of drug-likeness (QED) is 0.863. The predicted molar refractivity (Wildman–Crippen MR) is 75.7 cm³/mol. The number of sulfone groups is 1. The molecule has 1 N–H and O–H groups in total. The Bertz CT molecular complexity index is 610. The molecule has 1 amide bonds. The third-order valence-electron chi connectivity index (χ3n) is 2.85. The Morgan fingerprint density at radius 2 is 2.21 bits per heavy atom. The second-order valence-electron chi connectivity index (χ2n) is 4.50. The van der Waals surface area contributed by atoms with E-state index in [-0.39, 0.29) is 23.5 Å². The van der Waals surface area contributed by atoms with Crippen molar-refractivity contribution >= 4 is 33.4 Å². The maximum absolute atomic E-state index is 11.6. The summed E-state index contributed by atoms with van der Waals surface area (Å²) in [6.45, 7) is 0. The molecule has 0 bridgehead atoms. The summed E-state index contributed by atoms with van der Waals surface area (Å²) in [6.07, 6.45) is 3.51. The highest BCUT2D eigenvalue weighted by Crippen LogP contribution is 2.13. The lowest BCUT2D eigenvalue weighted by Crippen LogP contribution is -2.34. The van der Waals surface area contributed by atoms with E-state index in [1.165, 1.54) is 6.08 Å². The molecular weight excluding hydrogens is 286 g/mol. The van der Waals surface area contributed by atoms with Crippen molar-refractivity contribution in [1.82, 2.24) is 5.32 Å². The van der Waals surface area contributed by atoms with E-state index in [0.717, 1.165) is 5.56 Å². The number of hydrogen-bond acceptors (Lipinski definition) is 3. The maximum atomic E-state index is 11.6. The summed E-state index contributed by atoms with van der Waals surface area (Å²) in [6, 6.07) is 6.84. The lowest BCUT2D eigenvalue weighted by atomic mass is 10.2. The number of carbonyl (C=O) groups excluding carboxylic acids is 1. The summed E-state index contributed by atoms with van der Waals surface area (Å²) in [5.41, 5.74) is 0.821. The molecule has 19 heavy (non-hydrogen) atoms. The molecule has 1 heterocycles. The molecule has 1 aromatic carbocycles. The van der Waals surface area contributed by atoms with E-state index in [1.807, 2.05) is 6.07 Å². The SMILES string of the molecule is O=C(/C=C/c1cccc(Cl)c1)NC1CCS(=O)(=O)C1. The first-order chi connectivity index (χ1) is 8.94. The zero-order valence-corrected chi connectivity index (χ0v) is 11.7. The van der Waals surface area contributed by atoms with Crippen LogP contribution in [-0.2, 0) is 14.6 Å². The summed E-state index contributed by atoms with van der Waals surface area (Å²) in [5.74, 6) is -0.109. The number of nitrogens with one attached hydrogen (secondary N) is 1. The summed E-state index contributed by atoms with van der Waals surface area (Å²) in [4.78, 5) is 11.6. The smallest absolute Gasteiger partial charge is 0.244 e. The molecule has 2 rings (SSSR count). The highest BCUT2D eigenvalue weighted by Gasteiger charge is 2.28. The van der Waals surface area contributed by atoms with Gasteiger partial charge in [0.1, 0.15) is 0 Å². The van der Waals surface area contributed by atoms with Crippen molar-refractivity contribution in [2.75, 3.05) is 11.5 Å². The van der Waals surface area contributed by atoms with Crippen molar-refractivity contribution in [3.05, 3.63) is 40.9 Å². The molecule has 6 heteroatoms. The van der Waals surface area contributed by atoms with Crippen LogP contribution in [0.15, 0.2) is 30.3 Å². The van der Waals surface area contributed by atoms with E-state index in [2.05, 4.69) is 5.32 Å². The van der Waals surface area contributed by atoms with Crippen LogP contribution in [0.5, 0.6) is 0 Å². The molecule has 1 saturated heterocycles. The molecule has 1 aliphatic heterocycles. The van der Waals surface area contributed by atoms with Gasteiger partial charge in [0.25, 0.3) is 0 Å². The number of rotatable bonds is 3. The van der Waals surface area contributed by atoms with Crippen molar-refractivity contribution < 1.29 is 13.2 Å². The van der Waals surface area contributed by atoms with Crippen molar-refractivity contribution in [2.24, 2.45) is 0 Å². The van der Waals surface area contributed by atoms with Crippen LogP contribution in [0.3, 0.4) is 0 Å². The van der Waals surface area contributed by atoms with Crippen molar-refractivity contribution in [3.63, 3.8) is 0 Å². The molecule has 1 aliphatic rings. The third kappa shape index (κ3) is 4.36. The molecule has 0 saturated carbocycles. The van der Waals surface area contributed by atoms with Gasteiger partial charge in [-0.05, 0) is 30.2 Å². The van der Waals surface area contributed by atoms with Crippen LogP contribution in [0.1, 0.15) is 12.0 Å². The molecule has 0 aliphatic carbocycles. The average Bonchev–Trinajstić information content (AvgIpc) is 2.66. The van der Waals surface area contributed by atoms with Crippen LogP contribution in [-0.4, -0.2) is 31.9 Å². The van der Waals surface area contributed by atoms with Gasteiger partial charge >= 0.3 is 0 Å². The van der Waals surface area contributed by atoms with Gasteiger partial charge in [0.05, 0.1) is 11.5 Å². The minimum Gasteiger partial charge on any atom is -0.349 e. The summed E-state index contributed by atoms with van der Waals surface area (Å²) >= 11 is 5.83. The monoisotopic (exact) mass is 299 g/mol. The number of amides is 1. The number of halogens is 1. The molecular formula is C13H14ClNO3S. The van der Waals surface area contributed by atoms with Gasteiger partial charge in [0.15, 0.2) is 9.84 Å². The Kier molecular flexibility index (Phi) is 4.27. The second-order valence-corrected chi connectivity index (χ2v) is 7.16. The largest absolute Gasteiger partial charge is 0.349 e. The zero-order valence-electron chi connectivity index (χ0n) is 10.2. The number of carbonyl (C=O) groups is 1. The number of hydrogen-bond donors (Lipinski definition) is 1. The molecule has 0 spiro atoms. The molecule has 102 valence electrons. The van der Waals surface area contributed by atoms with Gasteiger partial charge in [-0.2, -0.15) is 0 Å². The lowest BCUT2D eigenvalue weighted by Gasteiger charge is -2.07. The second kappa shape index (κ2) is 5.75. The molecule has 0 aromatic heterocycles. The lowest BCUT2D eigenvalue weighted by molar-refractivity contribution is -0.116. The van der Waals surface area contributed by atoms with Gasteiger partial charge in [0, 0.05) is 17.1 Å². The minimum atomic E-state index is -2.97. The highest BCUT2D eigenvalue weighted by molar-refractivity contribution is 7.91. The van der Waals surface area contributed by atoms with E-state index in [9.17, 15) is 13.2 Å². The first kappa shape index (κ1) is 14.1. The summed E-state index contributed by atoms with van der Waals surface area (Å²) in [5, 5.41) is 3.28. The standard InChI is InChI=1S/C13H14ClNO3S/c14-11-3-1-2-10(8-11)4-5-13(16)15-12-6-7-19(17,18)9-12/h1-5,8,12H,6-7,9H2,(H,15,16)/b5-4+. The fraction of sp³-hybridized carbons (Fsp3) is 0.308. The van der Waals surface area contributed by atoms with E-state index in [4.69, 9.17) is 11.6 Å². The highest BCUT2D eigenvalue weighted by atomic mass is 35.5. The molecule has 0 radical (unpaired) electrons.